The number of ether oxygens (including phenoxy) is 1. The Balaban J connectivity index is 1.64. The SMILES string of the molecule is CN/C=C(\C(C)=N)c1cnc(Nc2cc([N+](=O)[O-])c(N(C)CCN(C)C)cc2OC)nc1-c1cn2c3c(cccc13)CCC2. The Labute approximate surface area is 257 Å². The van der Waals surface area contributed by atoms with E-state index in [2.05, 4.69) is 44.6 Å². The second kappa shape index (κ2) is 12.7. The van der Waals surface area contributed by atoms with E-state index < -0.39 is 4.92 Å². The van der Waals surface area contributed by atoms with Crippen molar-refractivity contribution in [2.24, 2.45) is 0 Å². The molecule has 1 aliphatic rings. The number of hydrogen-bond donors (Lipinski definition) is 3. The molecule has 0 spiro atoms. The van der Waals surface area contributed by atoms with Gasteiger partial charge >= 0.3 is 0 Å². The maximum absolute atomic E-state index is 12.2. The molecule has 3 heterocycles. The van der Waals surface area contributed by atoms with E-state index in [1.54, 1.807) is 32.4 Å². The monoisotopic (exact) mass is 597 g/mol. The summed E-state index contributed by atoms with van der Waals surface area (Å²) in [6, 6.07) is 9.48. The van der Waals surface area contributed by atoms with Gasteiger partial charge in [-0.15, -0.1) is 0 Å². The number of likely N-dealkylation sites (N-methyl/N-ethyl adjacent to an activating group) is 2. The number of rotatable bonds is 12. The molecule has 5 rings (SSSR count). The van der Waals surface area contributed by atoms with Crippen molar-refractivity contribution in [2.45, 2.75) is 26.3 Å². The lowest BCUT2D eigenvalue weighted by Crippen LogP contribution is -2.28. The van der Waals surface area contributed by atoms with Crippen molar-refractivity contribution >= 4 is 45.2 Å². The van der Waals surface area contributed by atoms with Crippen LogP contribution in [0.2, 0.25) is 0 Å². The van der Waals surface area contributed by atoms with Crippen molar-refractivity contribution in [3.8, 4) is 17.0 Å². The molecular formula is C32H39N9O3. The molecule has 0 atom stereocenters. The summed E-state index contributed by atoms with van der Waals surface area (Å²) >= 11 is 0. The lowest BCUT2D eigenvalue weighted by molar-refractivity contribution is -0.384. The highest BCUT2D eigenvalue weighted by molar-refractivity contribution is 6.22. The molecule has 0 saturated carbocycles. The molecule has 2 aromatic carbocycles. The van der Waals surface area contributed by atoms with Crippen molar-refractivity contribution in [3.63, 3.8) is 0 Å². The Bertz CT molecular complexity index is 1760. The number of benzene rings is 2. The van der Waals surface area contributed by atoms with Crippen molar-refractivity contribution in [1.29, 1.82) is 5.41 Å². The highest BCUT2D eigenvalue weighted by atomic mass is 16.6. The van der Waals surface area contributed by atoms with Crippen LogP contribution in [0.3, 0.4) is 0 Å². The molecule has 2 aromatic heterocycles. The zero-order chi connectivity index (χ0) is 31.5. The quantitative estimate of drug-likeness (QED) is 0.113. The van der Waals surface area contributed by atoms with E-state index in [9.17, 15) is 10.1 Å². The minimum atomic E-state index is -0.392. The van der Waals surface area contributed by atoms with Gasteiger partial charge in [0.15, 0.2) is 0 Å². The van der Waals surface area contributed by atoms with Gasteiger partial charge in [0.1, 0.15) is 11.4 Å². The van der Waals surface area contributed by atoms with Gasteiger partial charge in [0.05, 0.1) is 28.9 Å². The first-order valence-corrected chi connectivity index (χ1v) is 14.5. The van der Waals surface area contributed by atoms with Crippen LogP contribution in [0.1, 0.15) is 24.5 Å². The van der Waals surface area contributed by atoms with E-state index in [1.165, 1.54) is 24.3 Å². The maximum atomic E-state index is 12.2. The van der Waals surface area contributed by atoms with Crippen LogP contribution >= 0.6 is 0 Å². The molecule has 1 aliphatic heterocycles. The fraction of sp³-hybridized carbons (Fsp3) is 0.344. The number of allylic oxidation sites excluding steroid dienone is 1. The van der Waals surface area contributed by atoms with Crippen LogP contribution in [0.15, 0.2) is 48.9 Å². The average molecular weight is 598 g/mol. The molecule has 230 valence electrons. The first kappa shape index (κ1) is 30.5. The van der Waals surface area contributed by atoms with Crippen LogP contribution in [0.5, 0.6) is 5.75 Å². The smallest absolute Gasteiger partial charge is 0.294 e. The molecule has 0 aliphatic carbocycles. The minimum Gasteiger partial charge on any atom is -0.494 e. The molecule has 3 N–H and O–H groups in total. The number of nitrogens with zero attached hydrogens (tertiary/aromatic N) is 6. The summed E-state index contributed by atoms with van der Waals surface area (Å²) in [6.45, 7) is 3.98. The van der Waals surface area contributed by atoms with E-state index >= 15 is 0 Å². The number of methoxy groups -OCH3 is 1. The van der Waals surface area contributed by atoms with Crippen LogP contribution in [-0.4, -0.2) is 78.5 Å². The van der Waals surface area contributed by atoms with Crippen molar-refractivity contribution in [1.82, 2.24) is 24.8 Å². The maximum Gasteiger partial charge on any atom is 0.294 e. The largest absolute Gasteiger partial charge is 0.494 e. The summed E-state index contributed by atoms with van der Waals surface area (Å²) in [5.74, 6) is 0.679. The first-order chi connectivity index (χ1) is 21.1. The van der Waals surface area contributed by atoms with Crippen molar-refractivity contribution in [3.05, 3.63) is 70.2 Å². The third-order valence-electron chi connectivity index (χ3n) is 7.89. The summed E-state index contributed by atoms with van der Waals surface area (Å²) < 4.78 is 7.95. The zero-order valence-corrected chi connectivity index (χ0v) is 26.1. The number of nitro benzene ring substituents is 1. The molecule has 0 unspecified atom stereocenters. The van der Waals surface area contributed by atoms with Gasteiger partial charge < -0.3 is 35.1 Å². The molecule has 0 radical (unpaired) electrons. The molecule has 0 saturated heterocycles. The fourth-order valence-electron chi connectivity index (χ4n) is 5.69. The van der Waals surface area contributed by atoms with E-state index in [0.717, 1.165) is 36.9 Å². The van der Waals surface area contributed by atoms with Crippen LogP contribution in [-0.2, 0) is 13.0 Å². The number of nitrogens with one attached hydrogen (secondary N) is 3. The van der Waals surface area contributed by atoms with Gasteiger partial charge in [0, 0.05) is 92.3 Å². The second-order valence-electron chi connectivity index (χ2n) is 11.2. The van der Waals surface area contributed by atoms with Gasteiger partial charge in [-0.05, 0) is 39.4 Å². The average Bonchev–Trinajstić information content (AvgIpc) is 3.38. The molecule has 12 nitrogen and oxygen atoms in total. The molecule has 12 heteroatoms. The Kier molecular flexibility index (Phi) is 8.81. The lowest BCUT2D eigenvalue weighted by Gasteiger charge is -2.23. The summed E-state index contributed by atoms with van der Waals surface area (Å²) in [5, 5.41) is 28.0. The standard InChI is InChI=1S/C32H39N9O3/c1-20(33)23(17-34-2)24-18-35-32(37-30(24)25-19-40-12-8-10-21-9-7-11-22(25)31(21)40)36-26-15-28(41(42)43)27(16-29(26)44-6)39(5)14-13-38(3)4/h7,9,11,15-19,33-34H,8,10,12-14H2,1-6H3,(H,35,36,37)/b23-17+,33-20?. The van der Waals surface area contributed by atoms with E-state index in [0.29, 0.717) is 46.2 Å². The highest BCUT2D eigenvalue weighted by Crippen LogP contribution is 2.41. The van der Waals surface area contributed by atoms with Gasteiger partial charge in [0.2, 0.25) is 5.95 Å². The number of anilines is 3. The van der Waals surface area contributed by atoms with Gasteiger partial charge in [-0.2, -0.15) is 0 Å². The Hall–Kier alpha value is -4.97. The number of nitro groups is 1. The Morgan fingerprint density at radius 2 is 2.05 bits per heavy atom. The number of aromatic nitrogens is 3. The predicted molar refractivity (Wildman–Crippen MR) is 176 cm³/mol. The predicted octanol–water partition coefficient (Wildman–Crippen LogP) is 5.30. The van der Waals surface area contributed by atoms with Crippen LogP contribution in [0, 0.1) is 15.5 Å². The molecule has 44 heavy (non-hydrogen) atoms. The first-order valence-electron chi connectivity index (χ1n) is 14.5. The number of para-hydroxylation sites is 1. The summed E-state index contributed by atoms with van der Waals surface area (Å²) in [4.78, 5) is 25.2. The number of aryl methyl sites for hydroxylation is 2. The van der Waals surface area contributed by atoms with Crippen LogP contribution < -0.4 is 20.3 Å². The summed E-state index contributed by atoms with van der Waals surface area (Å²) in [6.07, 6.45) is 7.69. The second-order valence-corrected chi connectivity index (χ2v) is 11.2. The molecule has 0 fully saturated rings. The highest BCUT2D eigenvalue weighted by Gasteiger charge is 2.25. The third kappa shape index (κ3) is 5.93. The third-order valence-corrected chi connectivity index (χ3v) is 7.89. The lowest BCUT2D eigenvalue weighted by atomic mass is 9.97. The van der Waals surface area contributed by atoms with E-state index in [4.69, 9.17) is 15.1 Å². The van der Waals surface area contributed by atoms with Gasteiger partial charge in [-0.3, -0.25) is 10.1 Å². The molecular weight excluding hydrogens is 558 g/mol. The van der Waals surface area contributed by atoms with Crippen molar-refractivity contribution < 1.29 is 9.66 Å². The van der Waals surface area contributed by atoms with Gasteiger partial charge in [-0.25, -0.2) is 9.97 Å². The van der Waals surface area contributed by atoms with Gasteiger partial charge in [0.25, 0.3) is 5.69 Å². The molecule has 0 bridgehead atoms. The minimum absolute atomic E-state index is 0.0564. The normalized spacial score (nSPS) is 12.8. The van der Waals surface area contributed by atoms with E-state index in [-0.39, 0.29) is 11.6 Å². The molecule has 4 aromatic rings. The Morgan fingerprint density at radius 1 is 1.25 bits per heavy atom. The van der Waals surface area contributed by atoms with Crippen LogP contribution in [0.25, 0.3) is 27.7 Å². The zero-order valence-electron chi connectivity index (χ0n) is 26.1. The topological polar surface area (TPSA) is 137 Å². The summed E-state index contributed by atoms with van der Waals surface area (Å²) in [7, 11) is 9.07. The van der Waals surface area contributed by atoms with Crippen LogP contribution in [0.4, 0.5) is 23.0 Å². The van der Waals surface area contributed by atoms with Gasteiger partial charge in [-0.1, -0.05) is 18.2 Å². The number of hydrogen-bond acceptors (Lipinski definition) is 10. The Morgan fingerprint density at radius 3 is 2.73 bits per heavy atom. The summed E-state index contributed by atoms with van der Waals surface area (Å²) in [5.41, 5.74) is 6.60. The molecule has 0 amide bonds. The van der Waals surface area contributed by atoms with E-state index in [1.807, 2.05) is 30.9 Å². The van der Waals surface area contributed by atoms with Crippen molar-refractivity contribution in [2.75, 3.05) is 58.6 Å². The fourth-order valence-corrected chi connectivity index (χ4v) is 5.69.